The quantitative estimate of drug-likeness (QED) is 0.591. The summed E-state index contributed by atoms with van der Waals surface area (Å²) in [6, 6.07) is 5.90. The number of allylic oxidation sites excluding steroid dienone is 1. The summed E-state index contributed by atoms with van der Waals surface area (Å²) in [5.74, 6) is 5.69. The monoisotopic (exact) mass is 209 g/mol. The third kappa shape index (κ3) is 3.25. The molecule has 4 heteroatoms. The van der Waals surface area contributed by atoms with Gasteiger partial charge in [-0.1, -0.05) is 13.8 Å². The first-order chi connectivity index (χ1) is 7.00. The summed E-state index contributed by atoms with van der Waals surface area (Å²) >= 11 is 0. The van der Waals surface area contributed by atoms with Gasteiger partial charge in [0.2, 0.25) is 0 Å². The Morgan fingerprint density at radius 2 is 1.87 bits per heavy atom. The number of halogens is 1. The normalized spacial score (nSPS) is 11.9. The van der Waals surface area contributed by atoms with E-state index in [1.807, 2.05) is 13.8 Å². The fourth-order valence-corrected chi connectivity index (χ4v) is 0.997. The summed E-state index contributed by atoms with van der Waals surface area (Å²) < 4.78 is 12.6. The molecule has 0 amide bonds. The van der Waals surface area contributed by atoms with Crippen LogP contribution in [-0.2, 0) is 0 Å². The summed E-state index contributed by atoms with van der Waals surface area (Å²) in [5, 5.41) is 1.38. The summed E-state index contributed by atoms with van der Waals surface area (Å²) in [6.07, 6.45) is 1.64. The lowest BCUT2D eigenvalue weighted by molar-refractivity contribution is 0.627. The molecule has 0 spiro atoms. The Bertz CT molecular complexity index is 343. The predicted molar refractivity (Wildman–Crippen MR) is 60.2 cm³/mol. The fourth-order valence-electron chi connectivity index (χ4n) is 0.997. The Morgan fingerprint density at radius 1 is 1.33 bits per heavy atom. The van der Waals surface area contributed by atoms with Crippen molar-refractivity contribution in [1.29, 1.82) is 0 Å². The first-order valence-corrected chi connectivity index (χ1v) is 4.77. The first-order valence-electron chi connectivity index (χ1n) is 4.77. The van der Waals surface area contributed by atoms with Gasteiger partial charge in [-0.15, -0.1) is 0 Å². The van der Waals surface area contributed by atoms with Gasteiger partial charge in [0, 0.05) is 11.9 Å². The largest absolute Gasteiger partial charge is 0.401 e. The Balaban J connectivity index is 2.81. The van der Waals surface area contributed by atoms with Crippen LogP contribution in [0.3, 0.4) is 0 Å². The number of hydrogen-bond acceptors (Lipinski definition) is 3. The molecule has 0 radical (unpaired) electrons. The summed E-state index contributed by atoms with van der Waals surface area (Å²) in [7, 11) is 0. The topological polar surface area (TPSA) is 55.3 Å². The van der Waals surface area contributed by atoms with Gasteiger partial charge in [-0.05, 0) is 30.2 Å². The molecule has 4 N–H and O–H groups in total. The van der Waals surface area contributed by atoms with Gasteiger partial charge in [-0.3, -0.25) is 5.01 Å². The number of rotatable bonds is 3. The average molecular weight is 209 g/mol. The molecule has 0 atom stereocenters. The molecule has 0 aromatic heterocycles. The zero-order valence-electron chi connectivity index (χ0n) is 8.94. The standard InChI is InChI=1S/C11H16FN3/c1-8(2)11(13)7-15(14)10-5-3-9(12)4-6-10/h3-8H,13-14H2,1-2H3/b11-7-. The molecule has 0 bridgehead atoms. The van der Waals surface area contributed by atoms with Gasteiger partial charge in [-0.25, -0.2) is 10.2 Å². The van der Waals surface area contributed by atoms with Crippen LogP contribution in [0, 0.1) is 11.7 Å². The van der Waals surface area contributed by atoms with Crippen molar-refractivity contribution in [3.8, 4) is 0 Å². The van der Waals surface area contributed by atoms with Crippen molar-refractivity contribution in [2.75, 3.05) is 5.01 Å². The number of anilines is 1. The molecule has 1 aromatic rings. The fraction of sp³-hybridized carbons (Fsp3) is 0.273. The molecule has 15 heavy (non-hydrogen) atoms. The second kappa shape index (κ2) is 4.79. The van der Waals surface area contributed by atoms with Crippen LogP contribution in [0.1, 0.15) is 13.8 Å². The Hall–Kier alpha value is -1.55. The van der Waals surface area contributed by atoms with Crippen LogP contribution in [-0.4, -0.2) is 0 Å². The van der Waals surface area contributed by atoms with Gasteiger partial charge in [0.15, 0.2) is 0 Å². The summed E-state index contributed by atoms with van der Waals surface area (Å²) in [6.45, 7) is 3.95. The van der Waals surface area contributed by atoms with Crippen LogP contribution in [0.2, 0.25) is 0 Å². The van der Waals surface area contributed by atoms with E-state index >= 15 is 0 Å². The van der Waals surface area contributed by atoms with E-state index in [-0.39, 0.29) is 11.7 Å². The maximum Gasteiger partial charge on any atom is 0.123 e. The summed E-state index contributed by atoms with van der Waals surface area (Å²) in [4.78, 5) is 0. The lowest BCUT2D eigenvalue weighted by Gasteiger charge is -2.16. The van der Waals surface area contributed by atoms with E-state index in [9.17, 15) is 4.39 Å². The van der Waals surface area contributed by atoms with Crippen molar-refractivity contribution in [2.24, 2.45) is 17.5 Å². The lowest BCUT2D eigenvalue weighted by atomic mass is 10.1. The van der Waals surface area contributed by atoms with Crippen molar-refractivity contribution in [3.63, 3.8) is 0 Å². The van der Waals surface area contributed by atoms with E-state index < -0.39 is 0 Å². The van der Waals surface area contributed by atoms with Gasteiger partial charge < -0.3 is 5.73 Å². The van der Waals surface area contributed by atoms with Crippen molar-refractivity contribution in [2.45, 2.75) is 13.8 Å². The molecule has 0 fully saturated rings. The minimum absolute atomic E-state index is 0.233. The smallest absolute Gasteiger partial charge is 0.123 e. The van der Waals surface area contributed by atoms with Gasteiger partial charge >= 0.3 is 0 Å². The molecule has 0 heterocycles. The van der Waals surface area contributed by atoms with Gasteiger partial charge in [-0.2, -0.15) is 0 Å². The Labute approximate surface area is 89.1 Å². The van der Waals surface area contributed by atoms with E-state index in [4.69, 9.17) is 11.6 Å². The van der Waals surface area contributed by atoms with Gasteiger partial charge in [0.25, 0.3) is 0 Å². The molecular weight excluding hydrogens is 193 g/mol. The van der Waals surface area contributed by atoms with Gasteiger partial charge in [0.05, 0.1) is 5.69 Å². The maximum absolute atomic E-state index is 12.6. The molecule has 0 unspecified atom stereocenters. The highest BCUT2D eigenvalue weighted by Gasteiger charge is 2.02. The average Bonchev–Trinajstić information content (AvgIpc) is 2.18. The zero-order valence-corrected chi connectivity index (χ0v) is 8.94. The maximum atomic E-state index is 12.6. The molecule has 0 aliphatic heterocycles. The first kappa shape index (κ1) is 11.5. The number of hydrogen-bond donors (Lipinski definition) is 2. The van der Waals surface area contributed by atoms with Crippen LogP contribution in [0.25, 0.3) is 0 Å². The Kier molecular flexibility index (Phi) is 3.68. The van der Waals surface area contributed by atoms with E-state index in [1.54, 1.807) is 18.3 Å². The molecule has 0 saturated carbocycles. The van der Waals surface area contributed by atoms with Crippen molar-refractivity contribution in [1.82, 2.24) is 0 Å². The van der Waals surface area contributed by atoms with Gasteiger partial charge in [0.1, 0.15) is 5.82 Å². The van der Waals surface area contributed by atoms with E-state index in [0.29, 0.717) is 11.4 Å². The van der Waals surface area contributed by atoms with Crippen LogP contribution >= 0.6 is 0 Å². The van der Waals surface area contributed by atoms with E-state index in [1.165, 1.54) is 17.1 Å². The minimum Gasteiger partial charge on any atom is -0.401 e. The SMILES string of the molecule is CC(C)/C(N)=C/N(N)c1ccc(F)cc1. The molecule has 1 aromatic carbocycles. The zero-order chi connectivity index (χ0) is 11.4. The second-order valence-electron chi connectivity index (χ2n) is 3.67. The molecule has 3 nitrogen and oxygen atoms in total. The number of benzene rings is 1. The second-order valence-corrected chi connectivity index (χ2v) is 3.67. The van der Waals surface area contributed by atoms with Crippen LogP contribution in [0.5, 0.6) is 0 Å². The molecule has 0 aliphatic rings. The summed E-state index contributed by atoms with van der Waals surface area (Å²) in [5.41, 5.74) is 7.13. The highest BCUT2D eigenvalue weighted by atomic mass is 19.1. The van der Waals surface area contributed by atoms with Crippen LogP contribution in [0.4, 0.5) is 10.1 Å². The van der Waals surface area contributed by atoms with E-state index in [0.717, 1.165) is 0 Å². The van der Waals surface area contributed by atoms with Crippen molar-refractivity contribution < 1.29 is 4.39 Å². The predicted octanol–water partition coefficient (Wildman–Crippen LogP) is 1.96. The molecule has 82 valence electrons. The van der Waals surface area contributed by atoms with Crippen LogP contribution < -0.4 is 16.6 Å². The van der Waals surface area contributed by atoms with Crippen molar-refractivity contribution >= 4 is 5.69 Å². The molecule has 0 saturated heterocycles. The molecular formula is C11H16FN3. The van der Waals surface area contributed by atoms with Crippen LogP contribution in [0.15, 0.2) is 36.2 Å². The number of nitrogens with zero attached hydrogens (tertiary/aromatic N) is 1. The highest BCUT2D eigenvalue weighted by Crippen LogP contribution is 2.13. The van der Waals surface area contributed by atoms with Crippen molar-refractivity contribution in [3.05, 3.63) is 42.0 Å². The lowest BCUT2D eigenvalue weighted by Crippen LogP contribution is -2.26. The number of hydrazine groups is 1. The molecule has 1 rings (SSSR count). The third-order valence-corrected chi connectivity index (χ3v) is 2.08. The Morgan fingerprint density at radius 3 is 2.33 bits per heavy atom. The number of nitrogens with two attached hydrogens (primary N) is 2. The highest BCUT2D eigenvalue weighted by molar-refractivity contribution is 5.47. The van der Waals surface area contributed by atoms with E-state index in [2.05, 4.69) is 0 Å². The minimum atomic E-state index is -0.284. The third-order valence-electron chi connectivity index (χ3n) is 2.08. The molecule has 0 aliphatic carbocycles.